The summed E-state index contributed by atoms with van der Waals surface area (Å²) in [6, 6.07) is 16.7. The Bertz CT molecular complexity index is 1010. The Kier molecular flexibility index (Phi) is 7.34. The van der Waals surface area contributed by atoms with Crippen LogP contribution in [0.2, 0.25) is 0 Å². The number of aromatic nitrogens is 3. The topological polar surface area (TPSA) is 87.9 Å². The number of nitrogens with zero attached hydrogens (tertiary/aromatic N) is 4. The number of nitrogens with one attached hydrogen (secondary N) is 3. The fourth-order valence-corrected chi connectivity index (χ4v) is 4.16. The number of rotatable bonds is 8. The maximum atomic E-state index is 5.67. The normalized spacial score (nSPS) is 17.2. The lowest BCUT2D eigenvalue weighted by atomic mass is 9.88. The summed E-state index contributed by atoms with van der Waals surface area (Å²) in [5, 5.41) is 19.3. The van der Waals surface area contributed by atoms with Gasteiger partial charge in [0.05, 0.1) is 0 Å². The average molecular weight is 436 g/mol. The van der Waals surface area contributed by atoms with Gasteiger partial charge in [-0.15, -0.1) is 10.2 Å². The van der Waals surface area contributed by atoms with Crippen molar-refractivity contribution in [2.45, 2.75) is 44.8 Å². The van der Waals surface area contributed by atoms with Crippen LogP contribution in [0.3, 0.4) is 0 Å². The van der Waals surface area contributed by atoms with E-state index in [1.54, 1.807) is 0 Å². The molecule has 8 heteroatoms. The highest BCUT2D eigenvalue weighted by Crippen LogP contribution is 2.25. The van der Waals surface area contributed by atoms with E-state index in [0.29, 0.717) is 6.54 Å². The summed E-state index contributed by atoms with van der Waals surface area (Å²) in [5.41, 5.74) is 2.05. The molecular formula is C24H33N7O. The third kappa shape index (κ3) is 5.44. The Hall–Kier alpha value is -2.97. The molecule has 0 spiro atoms. The van der Waals surface area contributed by atoms with Gasteiger partial charge in [0.1, 0.15) is 6.54 Å². The highest BCUT2D eigenvalue weighted by atomic mass is 16.5. The minimum absolute atomic E-state index is 0.0642. The average Bonchev–Trinajstić information content (AvgIpc) is 3.25. The predicted octanol–water partition coefficient (Wildman–Crippen LogP) is 2.68. The Balaban J connectivity index is 1.45. The minimum Gasteiger partial charge on any atom is -0.381 e. The van der Waals surface area contributed by atoms with Crippen molar-refractivity contribution >= 4 is 11.6 Å². The van der Waals surface area contributed by atoms with Gasteiger partial charge < -0.3 is 20.7 Å². The lowest BCUT2D eigenvalue weighted by molar-refractivity contribution is 0.0355. The highest BCUT2D eigenvalue weighted by molar-refractivity contribution is 5.79. The van der Waals surface area contributed by atoms with Crippen LogP contribution in [0.1, 0.15) is 44.1 Å². The van der Waals surface area contributed by atoms with E-state index in [0.717, 1.165) is 56.6 Å². The third-order valence-corrected chi connectivity index (χ3v) is 5.97. The summed E-state index contributed by atoms with van der Waals surface area (Å²) < 4.78 is 7.64. The Morgan fingerprint density at radius 3 is 2.66 bits per heavy atom. The largest absolute Gasteiger partial charge is 0.381 e. The van der Waals surface area contributed by atoms with Crippen LogP contribution in [0.4, 0.5) is 0 Å². The highest BCUT2D eigenvalue weighted by Gasteiger charge is 2.34. The number of fused-ring (bicyclic) bond motifs is 1. The zero-order valence-electron chi connectivity index (χ0n) is 18.9. The molecule has 1 fully saturated rings. The van der Waals surface area contributed by atoms with E-state index in [-0.39, 0.29) is 11.6 Å². The minimum atomic E-state index is -0.0642. The SMILES string of the molecule is CCNC(=NCc1nnc2ccccn12)NCC1(NC(C)c2ccccc2)CCOCC1. The molecule has 170 valence electrons. The van der Waals surface area contributed by atoms with Crippen molar-refractivity contribution in [3.8, 4) is 0 Å². The van der Waals surface area contributed by atoms with Gasteiger partial charge in [0.15, 0.2) is 17.4 Å². The number of guanidine groups is 1. The number of pyridine rings is 1. The molecule has 4 rings (SSSR count). The molecule has 3 heterocycles. The van der Waals surface area contributed by atoms with E-state index in [9.17, 15) is 0 Å². The van der Waals surface area contributed by atoms with E-state index in [1.807, 2.05) is 28.8 Å². The van der Waals surface area contributed by atoms with Gasteiger partial charge >= 0.3 is 0 Å². The first kappa shape index (κ1) is 22.2. The van der Waals surface area contributed by atoms with Crippen molar-refractivity contribution in [2.75, 3.05) is 26.3 Å². The second-order valence-electron chi connectivity index (χ2n) is 8.26. The second kappa shape index (κ2) is 10.6. The van der Waals surface area contributed by atoms with Crippen LogP contribution in [-0.4, -0.2) is 52.4 Å². The van der Waals surface area contributed by atoms with Crippen LogP contribution >= 0.6 is 0 Å². The maximum absolute atomic E-state index is 5.67. The summed E-state index contributed by atoms with van der Waals surface area (Å²) in [6.07, 6.45) is 3.86. The van der Waals surface area contributed by atoms with Crippen molar-refractivity contribution in [2.24, 2.45) is 4.99 Å². The number of hydrogen-bond acceptors (Lipinski definition) is 5. The first-order valence-corrected chi connectivity index (χ1v) is 11.4. The van der Waals surface area contributed by atoms with Crippen LogP contribution in [0.25, 0.3) is 5.65 Å². The third-order valence-electron chi connectivity index (χ3n) is 5.97. The lowest BCUT2D eigenvalue weighted by Gasteiger charge is -2.41. The summed E-state index contributed by atoms with van der Waals surface area (Å²) in [5.74, 6) is 1.59. The van der Waals surface area contributed by atoms with E-state index in [4.69, 9.17) is 9.73 Å². The molecule has 0 radical (unpaired) electrons. The zero-order chi connectivity index (χ0) is 22.2. The zero-order valence-corrected chi connectivity index (χ0v) is 18.9. The van der Waals surface area contributed by atoms with Crippen molar-refractivity contribution in [3.05, 3.63) is 66.1 Å². The molecule has 1 aliphatic heterocycles. The van der Waals surface area contributed by atoms with Gasteiger partial charge in [-0.2, -0.15) is 0 Å². The molecule has 1 saturated heterocycles. The first-order valence-electron chi connectivity index (χ1n) is 11.4. The molecule has 1 atom stereocenters. The molecule has 8 nitrogen and oxygen atoms in total. The standard InChI is InChI=1S/C24H33N7O/c1-3-25-23(26-17-22-30-29-21-11-7-8-14-31(21)22)27-18-24(12-15-32-16-13-24)28-19(2)20-9-5-4-6-10-20/h4-11,14,19,28H,3,12-13,15-18H2,1-2H3,(H2,25,26,27). The van der Waals surface area contributed by atoms with Crippen LogP contribution in [0.5, 0.6) is 0 Å². The van der Waals surface area contributed by atoms with Crippen molar-refractivity contribution in [1.82, 2.24) is 30.5 Å². The predicted molar refractivity (Wildman–Crippen MR) is 127 cm³/mol. The molecule has 0 saturated carbocycles. The Labute approximate surface area is 189 Å². The van der Waals surface area contributed by atoms with Gasteiger partial charge in [-0.3, -0.25) is 4.40 Å². The van der Waals surface area contributed by atoms with E-state index in [1.165, 1.54) is 5.56 Å². The Morgan fingerprint density at radius 1 is 1.09 bits per heavy atom. The molecule has 0 aliphatic carbocycles. The molecule has 1 aromatic carbocycles. The van der Waals surface area contributed by atoms with Gasteiger partial charge in [-0.1, -0.05) is 36.4 Å². The molecular weight excluding hydrogens is 402 g/mol. The molecule has 32 heavy (non-hydrogen) atoms. The molecule has 1 unspecified atom stereocenters. The number of hydrogen-bond donors (Lipinski definition) is 3. The van der Waals surface area contributed by atoms with E-state index in [2.05, 4.69) is 70.3 Å². The van der Waals surface area contributed by atoms with Crippen LogP contribution in [0.15, 0.2) is 59.7 Å². The van der Waals surface area contributed by atoms with Crippen LogP contribution in [-0.2, 0) is 11.3 Å². The van der Waals surface area contributed by atoms with Crippen LogP contribution in [0, 0.1) is 0 Å². The van der Waals surface area contributed by atoms with Gasteiger partial charge in [-0.05, 0) is 44.4 Å². The fraction of sp³-hybridized carbons (Fsp3) is 0.458. The van der Waals surface area contributed by atoms with Gasteiger partial charge in [0, 0.05) is 44.1 Å². The fourth-order valence-electron chi connectivity index (χ4n) is 4.16. The van der Waals surface area contributed by atoms with Gasteiger partial charge in [0.2, 0.25) is 0 Å². The molecule has 3 aromatic rings. The molecule has 1 aliphatic rings. The van der Waals surface area contributed by atoms with Gasteiger partial charge in [-0.25, -0.2) is 4.99 Å². The number of aliphatic imine (C=N–C) groups is 1. The van der Waals surface area contributed by atoms with Crippen molar-refractivity contribution in [1.29, 1.82) is 0 Å². The van der Waals surface area contributed by atoms with E-state index < -0.39 is 0 Å². The quantitative estimate of drug-likeness (QED) is 0.373. The van der Waals surface area contributed by atoms with Crippen LogP contribution < -0.4 is 16.0 Å². The summed E-state index contributed by atoms with van der Waals surface area (Å²) in [7, 11) is 0. The molecule has 0 amide bonds. The monoisotopic (exact) mass is 435 g/mol. The van der Waals surface area contributed by atoms with Gasteiger partial charge in [0.25, 0.3) is 0 Å². The second-order valence-corrected chi connectivity index (χ2v) is 8.26. The summed E-state index contributed by atoms with van der Waals surface area (Å²) in [6.45, 7) is 7.82. The maximum Gasteiger partial charge on any atom is 0.191 e. The van der Waals surface area contributed by atoms with Crippen molar-refractivity contribution in [3.63, 3.8) is 0 Å². The Morgan fingerprint density at radius 2 is 1.88 bits per heavy atom. The molecule has 2 aromatic heterocycles. The molecule has 3 N–H and O–H groups in total. The molecule has 0 bridgehead atoms. The first-order chi connectivity index (χ1) is 15.7. The van der Waals surface area contributed by atoms with Crippen molar-refractivity contribution < 1.29 is 4.74 Å². The summed E-state index contributed by atoms with van der Waals surface area (Å²) in [4.78, 5) is 4.77. The summed E-state index contributed by atoms with van der Waals surface area (Å²) >= 11 is 0. The smallest absolute Gasteiger partial charge is 0.191 e. The number of benzene rings is 1. The number of ether oxygens (including phenoxy) is 1. The van der Waals surface area contributed by atoms with E-state index >= 15 is 0 Å². The lowest BCUT2D eigenvalue weighted by Crippen LogP contribution is -2.58.